The fraction of sp³-hybridized carbons (Fsp3) is 0.667. The van der Waals surface area contributed by atoms with Crippen LogP contribution >= 0.6 is 0 Å². The summed E-state index contributed by atoms with van der Waals surface area (Å²) in [5.41, 5.74) is 2.46. The molecule has 2 heterocycles. The number of nitrogens with one attached hydrogen (secondary N) is 1. The second kappa shape index (κ2) is 5.47. The highest BCUT2D eigenvalue weighted by Crippen LogP contribution is 2.21. The zero-order valence-corrected chi connectivity index (χ0v) is 11.9. The van der Waals surface area contributed by atoms with Crippen LogP contribution in [0.1, 0.15) is 31.0 Å². The van der Waals surface area contributed by atoms with Crippen LogP contribution in [0.4, 0.5) is 5.82 Å². The van der Waals surface area contributed by atoms with Gasteiger partial charge in [-0.3, -0.25) is 0 Å². The number of rotatable bonds is 4. The van der Waals surface area contributed by atoms with Gasteiger partial charge < -0.3 is 15.0 Å². The molecule has 1 atom stereocenters. The SMILES string of the molecule is Cc1nc(N2CCOC(C)C2)ccc1CNC1CC1. The average molecular weight is 261 g/mol. The molecule has 1 unspecified atom stereocenters. The second-order valence-electron chi connectivity index (χ2n) is 5.70. The first kappa shape index (κ1) is 12.9. The third-order valence-corrected chi connectivity index (χ3v) is 3.90. The standard InChI is InChI=1S/C15H23N3O/c1-11-10-18(7-8-19-11)15-6-3-13(12(2)17-15)9-16-14-4-5-14/h3,6,11,14,16H,4-5,7-10H2,1-2H3. The summed E-state index contributed by atoms with van der Waals surface area (Å²) in [6, 6.07) is 5.11. The molecule has 104 valence electrons. The fourth-order valence-corrected chi connectivity index (χ4v) is 2.51. The molecular formula is C15H23N3O. The van der Waals surface area contributed by atoms with Gasteiger partial charge >= 0.3 is 0 Å². The molecule has 1 aliphatic carbocycles. The number of aryl methyl sites for hydroxylation is 1. The van der Waals surface area contributed by atoms with Crippen molar-refractivity contribution in [1.29, 1.82) is 0 Å². The lowest BCUT2D eigenvalue weighted by atomic mass is 10.2. The smallest absolute Gasteiger partial charge is 0.128 e. The van der Waals surface area contributed by atoms with Crippen molar-refractivity contribution in [2.24, 2.45) is 0 Å². The first-order valence-corrected chi connectivity index (χ1v) is 7.29. The molecule has 1 saturated heterocycles. The normalized spacial score (nSPS) is 23.7. The maximum Gasteiger partial charge on any atom is 0.128 e. The molecule has 1 saturated carbocycles. The van der Waals surface area contributed by atoms with Gasteiger partial charge in [0.15, 0.2) is 0 Å². The van der Waals surface area contributed by atoms with Gasteiger partial charge in [0.1, 0.15) is 5.82 Å². The van der Waals surface area contributed by atoms with E-state index >= 15 is 0 Å². The zero-order chi connectivity index (χ0) is 13.2. The lowest BCUT2D eigenvalue weighted by Gasteiger charge is -2.32. The Hall–Kier alpha value is -1.13. The molecular weight excluding hydrogens is 238 g/mol. The molecule has 3 rings (SSSR count). The molecule has 0 amide bonds. The van der Waals surface area contributed by atoms with Crippen LogP contribution in [0.2, 0.25) is 0 Å². The molecule has 19 heavy (non-hydrogen) atoms. The van der Waals surface area contributed by atoms with Crippen LogP contribution in [0.25, 0.3) is 0 Å². The maximum absolute atomic E-state index is 5.58. The Morgan fingerprint density at radius 1 is 1.42 bits per heavy atom. The minimum Gasteiger partial charge on any atom is -0.375 e. The summed E-state index contributed by atoms with van der Waals surface area (Å²) in [5.74, 6) is 1.09. The van der Waals surface area contributed by atoms with Crippen LogP contribution in [0.15, 0.2) is 12.1 Å². The third-order valence-electron chi connectivity index (χ3n) is 3.90. The highest BCUT2D eigenvalue weighted by molar-refractivity contribution is 5.42. The lowest BCUT2D eigenvalue weighted by Crippen LogP contribution is -2.41. The number of hydrogen-bond donors (Lipinski definition) is 1. The molecule has 1 N–H and O–H groups in total. The predicted octanol–water partition coefficient (Wildman–Crippen LogP) is 1.87. The summed E-state index contributed by atoms with van der Waals surface area (Å²) < 4.78 is 5.58. The molecule has 2 aliphatic rings. The molecule has 1 aliphatic heterocycles. The Morgan fingerprint density at radius 3 is 2.95 bits per heavy atom. The number of morpholine rings is 1. The van der Waals surface area contributed by atoms with Crippen LogP contribution in [0.5, 0.6) is 0 Å². The van der Waals surface area contributed by atoms with Crippen molar-refractivity contribution >= 4 is 5.82 Å². The number of nitrogens with zero attached hydrogens (tertiary/aromatic N) is 2. The highest BCUT2D eigenvalue weighted by atomic mass is 16.5. The van der Waals surface area contributed by atoms with Crippen molar-refractivity contribution in [2.45, 2.75) is 45.4 Å². The molecule has 4 heteroatoms. The van der Waals surface area contributed by atoms with Gasteiger partial charge in [0.25, 0.3) is 0 Å². The minimum atomic E-state index is 0.298. The second-order valence-corrected chi connectivity index (χ2v) is 5.70. The first-order chi connectivity index (χ1) is 9.22. The number of aromatic nitrogens is 1. The molecule has 0 spiro atoms. The van der Waals surface area contributed by atoms with E-state index in [0.29, 0.717) is 6.10 Å². The molecule has 0 bridgehead atoms. The van der Waals surface area contributed by atoms with Crippen molar-refractivity contribution in [2.75, 3.05) is 24.6 Å². The van der Waals surface area contributed by atoms with E-state index in [1.54, 1.807) is 0 Å². The summed E-state index contributed by atoms with van der Waals surface area (Å²) in [7, 11) is 0. The Bertz CT molecular complexity index is 445. The van der Waals surface area contributed by atoms with E-state index < -0.39 is 0 Å². The Labute approximate surface area is 115 Å². The van der Waals surface area contributed by atoms with E-state index in [9.17, 15) is 0 Å². The molecule has 1 aromatic rings. The molecule has 2 fully saturated rings. The van der Waals surface area contributed by atoms with Crippen LogP contribution in [0.3, 0.4) is 0 Å². The third kappa shape index (κ3) is 3.25. The van der Waals surface area contributed by atoms with Gasteiger partial charge in [-0.2, -0.15) is 0 Å². The molecule has 4 nitrogen and oxygen atoms in total. The van der Waals surface area contributed by atoms with Gasteiger partial charge in [0.05, 0.1) is 12.7 Å². The van der Waals surface area contributed by atoms with Gasteiger partial charge in [-0.15, -0.1) is 0 Å². The van der Waals surface area contributed by atoms with Crippen LogP contribution < -0.4 is 10.2 Å². The van der Waals surface area contributed by atoms with Crippen LogP contribution in [-0.4, -0.2) is 36.8 Å². The van der Waals surface area contributed by atoms with E-state index in [4.69, 9.17) is 9.72 Å². The van der Waals surface area contributed by atoms with E-state index in [2.05, 4.69) is 36.2 Å². The number of anilines is 1. The van der Waals surface area contributed by atoms with Gasteiger partial charge in [-0.1, -0.05) is 6.07 Å². The largest absolute Gasteiger partial charge is 0.375 e. The Kier molecular flexibility index (Phi) is 3.71. The maximum atomic E-state index is 5.58. The van der Waals surface area contributed by atoms with Crippen molar-refractivity contribution in [1.82, 2.24) is 10.3 Å². The van der Waals surface area contributed by atoms with E-state index in [-0.39, 0.29) is 0 Å². The summed E-state index contributed by atoms with van der Waals surface area (Å²) in [6.45, 7) is 7.85. The van der Waals surface area contributed by atoms with Crippen molar-refractivity contribution < 1.29 is 4.74 Å². The number of hydrogen-bond acceptors (Lipinski definition) is 4. The summed E-state index contributed by atoms with van der Waals surface area (Å²) >= 11 is 0. The quantitative estimate of drug-likeness (QED) is 0.898. The monoisotopic (exact) mass is 261 g/mol. The summed E-state index contributed by atoms with van der Waals surface area (Å²) in [6.07, 6.45) is 2.96. The predicted molar refractivity (Wildman–Crippen MR) is 76.5 cm³/mol. The first-order valence-electron chi connectivity index (χ1n) is 7.29. The topological polar surface area (TPSA) is 37.4 Å². The van der Waals surface area contributed by atoms with E-state index in [0.717, 1.165) is 43.8 Å². The average Bonchev–Trinajstić information content (AvgIpc) is 3.21. The van der Waals surface area contributed by atoms with E-state index in [1.807, 2.05) is 0 Å². The van der Waals surface area contributed by atoms with Gasteiger partial charge in [-0.25, -0.2) is 4.98 Å². The number of pyridine rings is 1. The molecule has 1 aromatic heterocycles. The van der Waals surface area contributed by atoms with Gasteiger partial charge in [-0.05, 0) is 38.3 Å². The Balaban J connectivity index is 1.67. The summed E-state index contributed by atoms with van der Waals surface area (Å²) in [4.78, 5) is 7.08. The van der Waals surface area contributed by atoms with Crippen LogP contribution in [0, 0.1) is 6.92 Å². The summed E-state index contributed by atoms with van der Waals surface area (Å²) in [5, 5.41) is 3.55. The number of ether oxygens (including phenoxy) is 1. The molecule has 0 radical (unpaired) electrons. The fourth-order valence-electron chi connectivity index (χ4n) is 2.51. The lowest BCUT2D eigenvalue weighted by molar-refractivity contribution is 0.0529. The Morgan fingerprint density at radius 2 is 2.26 bits per heavy atom. The van der Waals surface area contributed by atoms with Crippen molar-refractivity contribution in [3.05, 3.63) is 23.4 Å². The highest BCUT2D eigenvalue weighted by Gasteiger charge is 2.21. The molecule has 0 aromatic carbocycles. The van der Waals surface area contributed by atoms with Crippen LogP contribution in [-0.2, 0) is 11.3 Å². The van der Waals surface area contributed by atoms with Crippen molar-refractivity contribution in [3.63, 3.8) is 0 Å². The zero-order valence-electron chi connectivity index (χ0n) is 11.9. The van der Waals surface area contributed by atoms with E-state index in [1.165, 1.54) is 18.4 Å². The minimum absolute atomic E-state index is 0.298. The van der Waals surface area contributed by atoms with Gasteiger partial charge in [0.2, 0.25) is 0 Å². The van der Waals surface area contributed by atoms with Gasteiger partial charge in [0, 0.05) is 31.4 Å². The van der Waals surface area contributed by atoms with Crippen molar-refractivity contribution in [3.8, 4) is 0 Å².